The van der Waals surface area contributed by atoms with Gasteiger partial charge in [-0.1, -0.05) is 26.7 Å². The summed E-state index contributed by atoms with van der Waals surface area (Å²) < 4.78 is 5.38. The van der Waals surface area contributed by atoms with Crippen LogP contribution in [0.2, 0.25) is 0 Å². The predicted molar refractivity (Wildman–Crippen MR) is 77.0 cm³/mol. The largest absolute Gasteiger partial charge is 0.478 e. The Bertz CT molecular complexity index is 446. The Morgan fingerprint density at radius 1 is 1.10 bits per heavy atom. The van der Waals surface area contributed by atoms with E-state index < -0.39 is 11.9 Å². The standard InChI is InChI=1S/C16H22O4/c1-4-12(5-2)10-11(3)20-16(19)14-8-6-13(7-9-14)15(17)18/h6-9,11-12H,4-5,10H2,1-3H3,(H,17,18)/t11-/m1/s1. The molecule has 0 fully saturated rings. The Morgan fingerprint density at radius 3 is 2.05 bits per heavy atom. The number of carboxylic acid groups (broad SMARTS) is 1. The van der Waals surface area contributed by atoms with Gasteiger partial charge in [-0.15, -0.1) is 0 Å². The number of benzene rings is 1. The summed E-state index contributed by atoms with van der Waals surface area (Å²) in [5.41, 5.74) is 0.540. The molecule has 0 heterocycles. The molecular weight excluding hydrogens is 256 g/mol. The third kappa shape index (κ3) is 4.68. The topological polar surface area (TPSA) is 63.6 Å². The van der Waals surface area contributed by atoms with Crippen molar-refractivity contribution in [3.63, 3.8) is 0 Å². The van der Waals surface area contributed by atoms with Crippen LogP contribution >= 0.6 is 0 Å². The van der Waals surface area contributed by atoms with E-state index in [4.69, 9.17) is 9.84 Å². The van der Waals surface area contributed by atoms with Gasteiger partial charge in [-0.25, -0.2) is 9.59 Å². The van der Waals surface area contributed by atoms with E-state index in [2.05, 4.69) is 13.8 Å². The maximum absolute atomic E-state index is 11.9. The monoisotopic (exact) mass is 278 g/mol. The summed E-state index contributed by atoms with van der Waals surface area (Å²) in [7, 11) is 0. The van der Waals surface area contributed by atoms with E-state index in [1.165, 1.54) is 24.3 Å². The molecule has 1 N–H and O–H groups in total. The Hall–Kier alpha value is -1.84. The minimum Gasteiger partial charge on any atom is -0.478 e. The van der Waals surface area contributed by atoms with Gasteiger partial charge in [-0.2, -0.15) is 0 Å². The second-order valence-corrected chi connectivity index (χ2v) is 5.02. The van der Waals surface area contributed by atoms with Crippen LogP contribution in [0.1, 0.15) is 60.7 Å². The van der Waals surface area contributed by atoms with Crippen molar-refractivity contribution in [2.24, 2.45) is 5.92 Å². The maximum Gasteiger partial charge on any atom is 0.338 e. The molecule has 20 heavy (non-hydrogen) atoms. The summed E-state index contributed by atoms with van der Waals surface area (Å²) >= 11 is 0. The van der Waals surface area contributed by atoms with Gasteiger partial charge in [-0.05, 0) is 43.5 Å². The highest BCUT2D eigenvalue weighted by Crippen LogP contribution is 2.17. The molecule has 0 unspecified atom stereocenters. The van der Waals surface area contributed by atoms with E-state index in [1.807, 2.05) is 6.92 Å². The molecule has 0 radical (unpaired) electrons. The number of carboxylic acids is 1. The first-order valence-electron chi connectivity index (χ1n) is 7.02. The van der Waals surface area contributed by atoms with Crippen molar-refractivity contribution in [2.75, 3.05) is 0 Å². The van der Waals surface area contributed by atoms with Crippen LogP contribution < -0.4 is 0 Å². The molecule has 0 aliphatic rings. The molecule has 0 spiro atoms. The lowest BCUT2D eigenvalue weighted by Crippen LogP contribution is -2.18. The van der Waals surface area contributed by atoms with Crippen LogP contribution in [0.25, 0.3) is 0 Å². The van der Waals surface area contributed by atoms with Gasteiger partial charge in [0, 0.05) is 0 Å². The van der Waals surface area contributed by atoms with Crippen molar-refractivity contribution < 1.29 is 19.4 Å². The highest BCUT2D eigenvalue weighted by atomic mass is 16.5. The lowest BCUT2D eigenvalue weighted by Gasteiger charge is -2.18. The molecule has 0 aliphatic heterocycles. The van der Waals surface area contributed by atoms with Crippen molar-refractivity contribution in [1.82, 2.24) is 0 Å². The van der Waals surface area contributed by atoms with E-state index in [1.54, 1.807) is 0 Å². The summed E-state index contributed by atoms with van der Waals surface area (Å²) in [5.74, 6) is -0.848. The van der Waals surface area contributed by atoms with E-state index in [9.17, 15) is 9.59 Å². The molecule has 1 atom stereocenters. The van der Waals surface area contributed by atoms with Crippen LogP contribution in [0.4, 0.5) is 0 Å². The number of carbonyl (C=O) groups is 2. The van der Waals surface area contributed by atoms with Crippen LogP contribution in [-0.2, 0) is 4.74 Å². The maximum atomic E-state index is 11.9. The Labute approximate surface area is 119 Å². The number of hydrogen-bond acceptors (Lipinski definition) is 3. The zero-order valence-electron chi connectivity index (χ0n) is 12.3. The molecule has 1 aromatic rings. The average Bonchev–Trinajstić information content (AvgIpc) is 2.44. The van der Waals surface area contributed by atoms with Gasteiger partial charge >= 0.3 is 11.9 Å². The van der Waals surface area contributed by atoms with Crippen LogP contribution in [0.5, 0.6) is 0 Å². The van der Waals surface area contributed by atoms with Crippen molar-refractivity contribution in [3.05, 3.63) is 35.4 Å². The molecule has 0 amide bonds. The number of carbonyl (C=O) groups excluding carboxylic acids is 1. The Balaban J connectivity index is 2.59. The molecular formula is C16H22O4. The van der Waals surface area contributed by atoms with Gasteiger partial charge in [0.25, 0.3) is 0 Å². The minimum absolute atomic E-state index is 0.133. The second-order valence-electron chi connectivity index (χ2n) is 5.02. The molecule has 4 heteroatoms. The van der Waals surface area contributed by atoms with Crippen LogP contribution in [-0.4, -0.2) is 23.1 Å². The van der Waals surface area contributed by atoms with Gasteiger partial charge in [0.15, 0.2) is 0 Å². The van der Waals surface area contributed by atoms with Gasteiger partial charge in [0.05, 0.1) is 17.2 Å². The second kappa shape index (κ2) is 7.68. The van der Waals surface area contributed by atoms with Crippen LogP contribution in [0.3, 0.4) is 0 Å². The number of rotatable bonds is 7. The molecule has 0 bridgehead atoms. The lowest BCUT2D eigenvalue weighted by atomic mass is 9.97. The normalized spacial score (nSPS) is 12.2. The van der Waals surface area contributed by atoms with Crippen molar-refractivity contribution in [1.29, 1.82) is 0 Å². The number of ether oxygens (including phenoxy) is 1. The first-order chi connectivity index (χ1) is 9.47. The highest BCUT2D eigenvalue weighted by Gasteiger charge is 2.16. The number of hydrogen-bond donors (Lipinski definition) is 1. The summed E-state index contributed by atoms with van der Waals surface area (Å²) in [6, 6.07) is 5.78. The van der Waals surface area contributed by atoms with E-state index in [0.717, 1.165) is 19.3 Å². The van der Waals surface area contributed by atoms with Crippen LogP contribution in [0.15, 0.2) is 24.3 Å². The molecule has 0 aliphatic carbocycles. The predicted octanol–water partition coefficient (Wildman–Crippen LogP) is 3.76. The lowest BCUT2D eigenvalue weighted by molar-refractivity contribution is 0.0285. The summed E-state index contributed by atoms with van der Waals surface area (Å²) in [5, 5.41) is 8.80. The van der Waals surface area contributed by atoms with E-state index >= 15 is 0 Å². The Morgan fingerprint density at radius 2 is 1.60 bits per heavy atom. The molecule has 1 rings (SSSR count). The van der Waals surface area contributed by atoms with Crippen molar-refractivity contribution in [3.8, 4) is 0 Å². The molecule has 4 nitrogen and oxygen atoms in total. The van der Waals surface area contributed by atoms with Gasteiger partial charge < -0.3 is 9.84 Å². The number of esters is 1. The summed E-state index contributed by atoms with van der Waals surface area (Å²) in [6.07, 6.45) is 2.87. The molecule has 110 valence electrons. The summed E-state index contributed by atoms with van der Waals surface area (Å²) in [4.78, 5) is 22.7. The van der Waals surface area contributed by atoms with Crippen LogP contribution in [0, 0.1) is 5.92 Å². The fraction of sp³-hybridized carbons (Fsp3) is 0.500. The number of aromatic carboxylic acids is 1. The van der Waals surface area contributed by atoms with Crippen molar-refractivity contribution >= 4 is 11.9 Å². The zero-order valence-corrected chi connectivity index (χ0v) is 12.3. The van der Waals surface area contributed by atoms with Gasteiger partial charge in [0.2, 0.25) is 0 Å². The fourth-order valence-corrected chi connectivity index (χ4v) is 2.14. The molecule has 0 aromatic heterocycles. The van der Waals surface area contributed by atoms with Gasteiger partial charge in [-0.3, -0.25) is 0 Å². The van der Waals surface area contributed by atoms with E-state index in [-0.39, 0.29) is 11.7 Å². The fourth-order valence-electron chi connectivity index (χ4n) is 2.14. The SMILES string of the molecule is CCC(CC)C[C@@H](C)OC(=O)c1ccc(C(=O)O)cc1. The third-order valence-electron chi connectivity index (χ3n) is 3.50. The first kappa shape index (κ1) is 16.2. The van der Waals surface area contributed by atoms with Crippen molar-refractivity contribution in [2.45, 2.75) is 46.1 Å². The minimum atomic E-state index is -1.01. The quantitative estimate of drug-likeness (QED) is 0.771. The first-order valence-corrected chi connectivity index (χ1v) is 7.02. The molecule has 1 aromatic carbocycles. The van der Waals surface area contributed by atoms with Gasteiger partial charge in [0.1, 0.15) is 0 Å². The highest BCUT2D eigenvalue weighted by molar-refractivity contribution is 5.92. The zero-order chi connectivity index (χ0) is 15.1. The molecule has 0 saturated heterocycles. The van der Waals surface area contributed by atoms with E-state index in [0.29, 0.717) is 11.5 Å². The third-order valence-corrected chi connectivity index (χ3v) is 3.50. The smallest absolute Gasteiger partial charge is 0.338 e. The summed E-state index contributed by atoms with van der Waals surface area (Å²) in [6.45, 7) is 6.16. The molecule has 0 saturated carbocycles. The Kier molecular flexibility index (Phi) is 6.22. The average molecular weight is 278 g/mol.